The van der Waals surface area contributed by atoms with Gasteiger partial charge in [0.2, 0.25) is 17.5 Å². The smallest absolute Gasteiger partial charge is 0.269 e. The van der Waals surface area contributed by atoms with Gasteiger partial charge in [-0.2, -0.15) is 10.2 Å². The van der Waals surface area contributed by atoms with Crippen LogP contribution in [-0.4, -0.2) is 34.2 Å². The van der Waals surface area contributed by atoms with Gasteiger partial charge >= 0.3 is 0 Å². The molecule has 1 aromatic heterocycles. The van der Waals surface area contributed by atoms with Crippen LogP contribution in [0.1, 0.15) is 18.5 Å². The molecule has 0 bridgehead atoms. The first-order valence-corrected chi connectivity index (χ1v) is 7.17. The summed E-state index contributed by atoms with van der Waals surface area (Å²) >= 11 is 0. The summed E-state index contributed by atoms with van der Waals surface area (Å²) in [6, 6.07) is 7.76. The number of benzene rings is 1. The Labute approximate surface area is 131 Å². The molecular formula is C15H14N4O4. The quantitative estimate of drug-likeness (QED) is 0.680. The number of aliphatic hydroxyl groups excluding tert-OH is 1. The average Bonchev–Trinajstić information content (AvgIpc) is 2.99. The number of rotatable bonds is 3. The van der Waals surface area contributed by atoms with Crippen LogP contribution in [0.2, 0.25) is 0 Å². The molecule has 23 heavy (non-hydrogen) atoms. The van der Waals surface area contributed by atoms with Gasteiger partial charge in [0.05, 0.1) is 11.0 Å². The Hall–Kier alpha value is -2.92. The van der Waals surface area contributed by atoms with E-state index < -0.39 is 11.0 Å². The van der Waals surface area contributed by atoms with Gasteiger partial charge in [0.15, 0.2) is 0 Å². The van der Waals surface area contributed by atoms with Crippen LogP contribution in [0.15, 0.2) is 28.7 Å². The van der Waals surface area contributed by atoms with Crippen molar-refractivity contribution in [3.8, 4) is 17.5 Å². The number of hydrogen-bond donors (Lipinski definition) is 1. The number of oxazole rings is 1. The van der Waals surface area contributed by atoms with Crippen molar-refractivity contribution in [3.05, 3.63) is 40.1 Å². The summed E-state index contributed by atoms with van der Waals surface area (Å²) in [6.07, 6.45) is 1.07. The predicted octanol–water partition coefficient (Wildman–Crippen LogP) is 2.08. The lowest BCUT2D eigenvalue weighted by Gasteiger charge is -2.29. The third-order valence-electron chi connectivity index (χ3n) is 3.72. The lowest BCUT2D eigenvalue weighted by atomic mass is 10.1. The van der Waals surface area contributed by atoms with E-state index in [4.69, 9.17) is 4.42 Å². The number of nitro groups is 1. The Bertz CT molecular complexity index is 763. The minimum absolute atomic E-state index is 0.0276. The van der Waals surface area contributed by atoms with Crippen molar-refractivity contribution in [3.63, 3.8) is 0 Å². The van der Waals surface area contributed by atoms with Gasteiger partial charge in [0.1, 0.15) is 6.07 Å². The molecule has 0 aliphatic carbocycles. The summed E-state index contributed by atoms with van der Waals surface area (Å²) in [7, 11) is 0. The molecule has 3 rings (SSSR count). The fraction of sp³-hybridized carbons (Fsp3) is 0.333. The second kappa shape index (κ2) is 6.06. The monoisotopic (exact) mass is 314 g/mol. The van der Waals surface area contributed by atoms with E-state index in [9.17, 15) is 20.5 Å². The zero-order valence-electron chi connectivity index (χ0n) is 12.2. The van der Waals surface area contributed by atoms with Gasteiger partial charge in [0.25, 0.3) is 5.69 Å². The van der Waals surface area contributed by atoms with E-state index in [0.29, 0.717) is 24.5 Å². The summed E-state index contributed by atoms with van der Waals surface area (Å²) in [6.45, 7) is 1.07. The third-order valence-corrected chi connectivity index (χ3v) is 3.72. The van der Waals surface area contributed by atoms with Gasteiger partial charge in [-0.25, -0.2) is 0 Å². The molecular weight excluding hydrogens is 300 g/mol. The Kier molecular flexibility index (Phi) is 3.95. The highest BCUT2D eigenvalue weighted by Crippen LogP contribution is 2.30. The predicted molar refractivity (Wildman–Crippen MR) is 80.8 cm³/mol. The molecule has 0 saturated carbocycles. The molecule has 8 heteroatoms. The highest BCUT2D eigenvalue weighted by atomic mass is 16.6. The molecule has 0 spiro atoms. The Morgan fingerprint density at radius 2 is 2.17 bits per heavy atom. The summed E-state index contributed by atoms with van der Waals surface area (Å²) in [5.74, 6) is 0.561. The van der Waals surface area contributed by atoms with Crippen molar-refractivity contribution < 1.29 is 14.4 Å². The third kappa shape index (κ3) is 3.00. The van der Waals surface area contributed by atoms with Crippen LogP contribution in [0.4, 0.5) is 11.6 Å². The minimum Gasteiger partial charge on any atom is -0.419 e. The Balaban J connectivity index is 1.92. The van der Waals surface area contributed by atoms with Gasteiger partial charge in [-0.15, -0.1) is 0 Å². The van der Waals surface area contributed by atoms with Crippen LogP contribution < -0.4 is 4.90 Å². The highest BCUT2D eigenvalue weighted by molar-refractivity contribution is 5.61. The molecule has 1 aliphatic rings. The molecule has 2 aromatic rings. The minimum atomic E-state index is -0.486. The number of hydrogen-bond acceptors (Lipinski definition) is 7. The van der Waals surface area contributed by atoms with E-state index in [-0.39, 0.29) is 17.3 Å². The van der Waals surface area contributed by atoms with Crippen molar-refractivity contribution in [2.24, 2.45) is 0 Å². The number of β-amino-alcohol motifs (C(OH)–C–C–N with tert-alkyl or cyclic N) is 1. The summed E-state index contributed by atoms with van der Waals surface area (Å²) < 4.78 is 5.69. The van der Waals surface area contributed by atoms with Crippen molar-refractivity contribution in [1.82, 2.24) is 4.98 Å². The Morgan fingerprint density at radius 1 is 1.43 bits per heavy atom. The maximum atomic E-state index is 10.7. The number of nitrogens with zero attached hydrogens (tertiary/aromatic N) is 4. The summed E-state index contributed by atoms with van der Waals surface area (Å²) in [5.41, 5.74) is 0.670. The SMILES string of the molecule is N#Cc1nc(-c2ccc([N+](=O)[O-])cc2)oc1N1CCC[C@@H](O)C1. The van der Waals surface area contributed by atoms with Crippen LogP contribution in [0.5, 0.6) is 0 Å². The molecule has 1 aromatic carbocycles. The number of nitriles is 1. The lowest BCUT2D eigenvalue weighted by molar-refractivity contribution is -0.384. The van der Waals surface area contributed by atoms with Crippen LogP contribution in [-0.2, 0) is 0 Å². The second-order valence-electron chi connectivity index (χ2n) is 5.33. The molecule has 0 unspecified atom stereocenters. The highest BCUT2D eigenvalue weighted by Gasteiger charge is 2.25. The fourth-order valence-corrected chi connectivity index (χ4v) is 2.59. The number of anilines is 1. The molecule has 2 heterocycles. The van der Waals surface area contributed by atoms with Crippen LogP contribution in [0.3, 0.4) is 0 Å². The molecule has 1 atom stereocenters. The first kappa shape index (κ1) is 15.0. The molecule has 1 N–H and O–H groups in total. The topological polar surface area (TPSA) is 116 Å². The average molecular weight is 314 g/mol. The van der Waals surface area contributed by atoms with Crippen molar-refractivity contribution in [2.45, 2.75) is 18.9 Å². The van der Waals surface area contributed by atoms with Gasteiger partial charge < -0.3 is 14.4 Å². The van der Waals surface area contributed by atoms with E-state index in [2.05, 4.69) is 4.98 Å². The van der Waals surface area contributed by atoms with Crippen molar-refractivity contribution >= 4 is 11.6 Å². The van der Waals surface area contributed by atoms with E-state index in [1.54, 1.807) is 4.90 Å². The number of aliphatic hydroxyl groups is 1. The molecule has 1 saturated heterocycles. The maximum Gasteiger partial charge on any atom is 0.269 e. The normalized spacial score (nSPS) is 17.7. The van der Waals surface area contributed by atoms with Gasteiger partial charge in [-0.1, -0.05) is 0 Å². The van der Waals surface area contributed by atoms with E-state index >= 15 is 0 Å². The first-order valence-electron chi connectivity index (χ1n) is 7.17. The maximum absolute atomic E-state index is 10.7. The summed E-state index contributed by atoms with van der Waals surface area (Å²) in [5, 5.41) is 29.7. The molecule has 1 fully saturated rings. The summed E-state index contributed by atoms with van der Waals surface area (Å²) in [4.78, 5) is 16.2. The van der Waals surface area contributed by atoms with Crippen LogP contribution in [0.25, 0.3) is 11.5 Å². The number of nitro benzene ring substituents is 1. The van der Waals surface area contributed by atoms with E-state index in [1.165, 1.54) is 24.3 Å². The molecule has 8 nitrogen and oxygen atoms in total. The fourth-order valence-electron chi connectivity index (χ4n) is 2.59. The number of piperidine rings is 1. The molecule has 118 valence electrons. The van der Waals surface area contributed by atoms with Gasteiger partial charge in [-0.05, 0) is 25.0 Å². The number of non-ortho nitro benzene ring substituents is 1. The van der Waals surface area contributed by atoms with Crippen LogP contribution in [0, 0.1) is 21.4 Å². The molecule has 1 aliphatic heterocycles. The standard InChI is InChI=1S/C15H14N4O4/c16-8-13-15(18-7-1-2-12(20)9-18)23-14(17-13)10-3-5-11(6-4-10)19(21)22/h3-6,12,20H,1-2,7,9H2/t12-/m1/s1. The zero-order chi connectivity index (χ0) is 16.4. The van der Waals surface area contributed by atoms with Crippen LogP contribution >= 0.6 is 0 Å². The molecule has 0 amide bonds. The first-order chi connectivity index (χ1) is 11.1. The van der Waals surface area contributed by atoms with Crippen molar-refractivity contribution in [1.29, 1.82) is 5.26 Å². The van der Waals surface area contributed by atoms with Gasteiger partial charge in [0, 0.05) is 30.8 Å². The molecule has 0 radical (unpaired) electrons. The largest absolute Gasteiger partial charge is 0.419 e. The number of aromatic nitrogens is 1. The van der Waals surface area contributed by atoms with Crippen molar-refractivity contribution in [2.75, 3.05) is 18.0 Å². The zero-order valence-corrected chi connectivity index (χ0v) is 12.2. The Morgan fingerprint density at radius 3 is 2.78 bits per heavy atom. The lowest BCUT2D eigenvalue weighted by Crippen LogP contribution is -2.38. The van der Waals surface area contributed by atoms with Gasteiger partial charge in [-0.3, -0.25) is 10.1 Å². The van der Waals surface area contributed by atoms with E-state index in [0.717, 1.165) is 12.8 Å². The van der Waals surface area contributed by atoms with E-state index in [1.807, 2.05) is 6.07 Å². The second-order valence-corrected chi connectivity index (χ2v) is 5.33.